The molecular weight excluding hydrogens is 308 g/mol. The van der Waals surface area contributed by atoms with E-state index in [1.165, 1.54) is 0 Å². The summed E-state index contributed by atoms with van der Waals surface area (Å²) in [6.07, 6.45) is -0.0360. The first-order valence-electron chi connectivity index (χ1n) is 4.46. The van der Waals surface area contributed by atoms with Gasteiger partial charge < -0.3 is 8.37 Å². The van der Waals surface area contributed by atoms with Crippen molar-refractivity contribution in [3.63, 3.8) is 0 Å². The summed E-state index contributed by atoms with van der Waals surface area (Å²) < 4.78 is 64.7. The van der Waals surface area contributed by atoms with Crippen LogP contribution in [0, 0.1) is 5.92 Å². The molecule has 0 saturated carbocycles. The Balaban J connectivity index is 4.79. The first-order chi connectivity index (χ1) is 8.44. The summed E-state index contributed by atoms with van der Waals surface area (Å²) in [5.74, 6) is -4.47. The summed E-state index contributed by atoms with van der Waals surface area (Å²) >= 11 is 0. The van der Waals surface area contributed by atoms with Crippen LogP contribution in [-0.4, -0.2) is 37.9 Å². The predicted octanol–water partition coefficient (Wildman–Crippen LogP) is -0.739. The van der Waals surface area contributed by atoms with Crippen molar-refractivity contribution in [2.75, 3.05) is 0 Å². The molecule has 110 valence electrons. The zero-order valence-corrected chi connectivity index (χ0v) is 10.9. The van der Waals surface area contributed by atoms with Gasteiger partial charge in [-0.25, -0.2) is 0 Å². The van der Waals surface area contributed by atoms with Gasteiger partial charge in [-0.05, 0) is 6.42 Å². The van der Waals surface area contributed by atoms with Gasteiger partial charge in [0.1, 0.15) is 0 Å². The van der Waals surface area contributed by atoms with Crippen LogP contribution in [0.25, 0.3) is 0 Å². The topological polar surface area (TPSA) is 161 Å². The second-order valence-electron chi connectivity index (χ2n) is 3.14. The average molecular weight is 318 g/mol. The van der Waals surface area contributed by atoms with Crippen molar-refractivity contribution >= 4 is 32.7 Å². The Morgan fingerprint density at radius 2 is 1.58 bits per heavy atom. The quantitative estimate of drug-likeness (QED) is 0.451. The second-order valence-corrected chi connectivity index (χ2v) is 5.18. The first-order valence-corrected chi connectivity index (χ1v) is 7.19. The fraction of sp³-hybridized carbons (Fsp3) is 0.429. The smallest absolute Gasteiger partial charge is 0.325 e. The van der Waals surface area contributed by atoms with Crippen molar-refractivity contribution in [2.45, 2.75) is 12.8 Å². The molecule has 0 amide bonds. The molecule has 19 heavy (non-hydrogen) atoms. The van der Waals surface area contributed by atoms with Gasteiger partial charge in [0.15, 0.2) is 0 Å². The molecule has 0 saturated heterocycles. The minimum absolute atomic E-state index is 0.255. The minimum Gasteiger partial charge on any atom is -0.325 e. The van der Waals surface area contributed by atoms with Crippen molar-refractivity contribution in [2.24, 2.45) is 5.92 Å². The lowest BCUT2D eigenvalue weighted by Gasteiger charge is -2.10. The highest BCUT2D eigenvalue weighted by Gasteiger charge is 2.28. The first kappa shape index (κ1) is 17.5. The maximum Gasteiger partial charge on any atom is 0.448 e. The molecule has 0 aliphatic rings. The highest BCUT2D eigenvalue weighted by atomic mass is 32.3. The molecule has 0 radical (unpaired) electrons. The zero-order valence-electron chi connectivity index (χ0n) is 9.25. The van der Waals surface area contributed by atoms with E-state index < -0.39 is 45.1 Å². The maximum atomic E-state index is 11.2. The number of allylic oxidation sites excluding steroid dienone is 1. The van der Waals surface area contributed by atoms with Crippen LogP contribution in [0.5, 0.6) is 0 Å². The van der Waals surface area contributed by atoms with E-state index in [2.05, 4.69) is 14.9 Å². The number of carbonyl (C=O) groups is 2. The number of hydrogen-bond donors (Lipinski definition) is 2. The highest BCUT2D eigenvalue weighted by Crippen LogP contribution is 2.14. The third-order valence-corrected chi connectivity index (χ3v) is 2.35. The number of carbonyl (C=O) groups excluding carboxylic acids is 2. The van der Waals surface area contributed by atoms with Gasteiger partial charge in [-0.3, -0.25) is 18.7 Å². The molecule has 0 aliphatic carbocycles. The summed E-state index contributed by atoms with van der Waals surface area (Å²) in [6.45, 7) is 3.22. The summed E-state index contributed by atoms with van der Waals surface area (Å²) in [7, 11) is -10.1. The minimum atomic E-state index is -5.06. The molecule has 0 aromatic heterocycles. The van der Waals surface area contributed by atoms with E-state index in [-0.39, 0.29) is 6.42 Å². The van der Waals surface area contributed by atoms with Gasteiger partial charge in [0.05, 0.1) is 12.3 Å². The summed E-state index contributed by atoms with van der Waals surface area (Å²) in [5.41, 5.74) is 0. The highest BCUT2D eigenvalue weighted by molar-refractivity contribution is 7.81. The maximum absolute atomic E-state index is 11.2. The van der Waals surface area contributed by atoms with Crippen LogP contribution in [0.4, 0.5) is 0 Å². The van der Waals surface area contributed by atoms with E-state index in [1.807, 2.05) is 0 Å². The molecule has 12 heteroatoms. The lowest BCUT2D eigenvalue weighted by atomic mass is 10.0. The van der Waals surface area contributed by atoms with E-state index in [4.69, 9.17) is 9.11 Å². The summed E-state index contributed by atoms with van der Waals surface area (Å²) in [4.78, 5) is 22.2. The number of rotatable bonds is 7. The molecule has 1 atom stereocenters. The van der Waals surface area contributed by atoms with Gasteiger partial charge in [0, 0.05) is 0 Å². The number of hydrogen-bond acceptors (Lipinski definition) is 8. The molecule has 0 bridgehead atoms. The average Bonchev–Trinajstić information content (AvgIpc) is 2.10. The Labute approximate surface area is 108 Å². The van der Waals surface area contributed by atoms with Crippen LogP contribution >= 0.6 is 0 Å². The fourth-order valence-electron chi connectivity index (χ4n) is 0.989. The van der Waals surface area contributed by atoms with Crippen LogP contribution < -0.4 is 0 Å². The third-order valence-electron chi connectivity index (χ3n) is 1.58. The van der Waals surface area contributed by atoms with Gasteiger partial charge in [-0.15, -0.1) is 6.58 Å². The van der Waals surface area contributed by atoms with Gasteiger partial charge in [0.25, 0.3) is 0 Å². The lowest BCUT2D eigenvalue weighted by Crippen LogP contribution is -2.25. The van der Waals surface area contributed by atoms with Crippen LogP contribution in [-0.2, 0) is 38.8 Å². The Hall–Kier alpha value is -1.50. The SMILES string of the molecule is C=CCC(CC(=O)OS(=O)(=O)O)C(=O)OS(=O)(=O)O. The van der Waals surface area contributed by atoms with E-state index >= 15 is 0 Å². The standard InChI is InChI=1S/C7H10O10S2/c1-2-3-5(7(9)17-19(13,14)15)4-6(8)16-18(10,11)12/h2,5H,1,3-4H2,(H,10,11,12)(H,13,14,15). The Morgan fingerprint density at radius 1 is 1.11 bits per heavy atom. The molecule has 0 heterocycles. The second kappa shape index (κ2) is 6.60. The fourth-order valence-corrected chi connectivity index (χ4v) is 1.64. The van der Waals surface area contributed by atoms with Crippen molar-refractivity contribution in [1.29, 1.82) is 0 Å². The van der Waals surface area contributed by atoms with E-state index in [0.29, 0.717) is 0 Å². The molecule has 2 N–H and O–H groups in total. The largest absolute Gasteiger partial charge is 0.448 e. The predicted molar refractivity (Wildman–Crippen MR) is 58.2 cm³/mol. The molecule has 1 unspecified atom stereocenters. The van der Waals surface area contributed by atoms with Crippen molar-refractivity contribution in [3.05, 3.63) is 12.7 Å². The Kier molecular flexibility index (Phi) is 6.08. The lowest BCUT2D eigenvalue weighted by molar-refractivity contribution is -0.145. The van der Waals surface area contributed by atoms with E-state index in [1.54, 1.807) is 0 Å². The Morgan fingerprint density at radius 3 is 1.95 bits per heavy atom. The summed E-state index contributed by atoms with van der Waals surface area (Å²) in [6, 6.07) is 0. The van der Waals surface area contributed by atoms with Gasteiger partial charge in [-0.2, -0.15) is 16.8 Å². The molecule has 10 nitrogen and oxygen atoms in total. The third kappa shape index (κ3) is 9.12. The summed E-state index contributed by atoms with van der Waals surface area (Å²) in [5, 5.41) is 0. The van der Waals surface area contributed by atoms with Crippen molar-refractivity contribution in [1.82, 2.24) is 0 Å². The normalized spacial score (nSPS) is 13.4. The molecule has 0 fully saturated rings. The monoisotopic (exact) mass is 318 g/mol. The molecule has 0 aliphatic heterocycles. The molecule has 0 aromatic rings. The molecule has 0 spiro atoms. The van der Waals surface area contributed by atoms with Crippen LogP contribution in [0.1, 0.15) is 12.8 Å². The van der Waals surface area contributed by atoms with Crippen molar-refractivity contribution < 1.29 is 43.9 Å². The van der Waals surface area contributed by atoms with Crippen LogP contribution in [0.15, 0.2) is 12.7 Å². The Bertz CT molecular complexity index is 557. The van der Waals surface area contributed by atoms with E-state index in [9.17, 15) is 26.4 Å². The zero-order chi connectivity index (χ0) is 15.3. The van der Waals surface area contributed by atoms with Gasteiger partial charge >= 0.3 is 32.7 Å². The van der Waals surface area contributed by atoms with Gasteiger partial charge in [0.2, 0.25) is 0 Å². The van der Waals surface area contributed by atoms with Gasteiger partial charge in [-0.1, -0.05) is 6.08 Å². The van der Waals surface area contributed by atoms with E-state index in [0.717, 1.165) is 6.08 Å². The van der Waals surface area contributed by atoms with Crippen LogP contribution in [0.2, 0.25) is 0 Å². The van der Waals surface area contributed by atoms with Crippen molar-refractivity contribution in [3.8, 4) is 0 Å². The van der Waals surface area contributed by atoms with Crippen LogP contribution in [0.3, 0.4) is 0 Å². The molecule has 0 aromatic carbocycles. The molecule has 0 rings (SSSR count). The molecular formula is C7H10O10S2.